The number of hydrogen-bond acceptors (Lipinski definition) is 3. The van der Waals surface area contributed by atoms with Crippen LogP contribution in [-0.2, 0) is 24.2 Å². The Hall–Kier alpha value is -2.43. The van der Waals surface area contributed by atoms with Crippen molar-refractivity contribution in [3.05, 3.63) is 57.5 Å². The van der Waals surface area contributed by atoms with Crippen molar-refractivity contribution in [1.29, 1.82) is 0 Å². The molecule has 3 rings (SSSR count). The predicted molar refractivity (Wildman–Crippen MR) is 98.8 cm³/mol. The van der Waals surface area contributed by atoms with E-state index in [9.17, 15) is 9.59 Å². The van der Waals surface area contributed by atoms with Gasteiger partial charge in [0, 0.05) is 11.8 Å². The van der Waals surface area contributed by atoms with Crippen molar-refractivity contribution in [1.82, 2.24) is 9.78 Å². The van der Waals surface area contributed by atoms with Gasteiger partial charge in [0.05, 0.1) is 5.69 Å². The number of anilines is 1. The lowest BCUT2D eigenvalue weighted by Gasteiger charge is -2.20. The topological polar surface area (TPSA) is 64.0 Å². The number of benzene rings is 1. The Morgan fingerprint density at radius 3 is 2.72 bits per heavy atom. The van der Waals surface area contributed by atoms with Crippen molar-refractivity contribution < 1.29 is 4.79 Å². The van der Waals surface area contributed by atoms with Crippen LogP contribution in [0.15, 0.2) is 35.1 Å². The van der Waals surface area contributed by atoms with Gasteiger partial charge in [-0.2, -0.15) is 5.10 Å². The summed E-state index contributed by atoms with van der Waals surface area (Å²) in [5.41, 5.74) is 3.73. The maximum absolute atomic E-state index is 12.3. The van der Waals surface area contributed by atoms with E-state index in [4.69, 9.17) is 0 Å². The molecule has 0 bridgehead atoms. The van der Waals surface area contributed by atoms with Gasteiger partial charge < -0.3 is 5.32 Å². The van der Waals surface area contributed by atoms with Crippen molar-refractivity contribution in [2.24, 2.45) is 5.92 Å². The maximum atomic E-state index is 12.3. The van der Waals surface area contributed by atoms with Gasteiger partial charge in [0.15, 0.2) is 0 Å². The number of carbonyl (C=O) groups is 1. The molecular weight excluding hydrogens is 314 g/mol. The minimum Gasteiger partial charge on any atom is -0.324 e. The monoisotopic (exact) mass is 339 g/mol. The first-order chi connectivity index (χ1) is 11.9. The molecule has 1 atom stereocenters. The summed E-state index contributed by atoms with van der Waals surface area (Å²) in [4.78, 5) is 24.5. The third-order valence-electron chi connectivity index (χ3n) is 4.76. The van der Waals surface area contributed by atoms with Crippen LogP contribution in [0.4, 0.5) is 5.69 Å². The number of aromatic nitrogens is 2. The first-order valence-corrected chi connectivity index (χ1v) is 8.92. The summed E-state index contributed by atoms with van der Waals surface area (Å²) in [6.45, 7) is 6.38. The Labute approximate surface area is 148 Å². The van der Waals surface area contributed by atoms with E-state index < -0.39 is 0 Å². The van der Waals surface area contributed by atoms with Crippen LogP contribution >= 0.6 is 0 Å². The minimum atomic E-state index is -0.240. The van der Waals surface area contributed by atoms with E-state index in [1.54, 1.807) is 6.07 Å². The second kappa shape index (κ2) is 7.21. The third-order valence-corrected chi connectivity index (χ3v) is 4.76. The van der Waals surface area contributed by atoms with E-state index in [-0.39, 0.29) is 18.0 Å². The molecule has 1 aliphatic rings. The van der Waals surface area contributed by atoms with Gasteiger partial charge in [0.25, 0.3) is 5.56 Å². The molecule has 1 amide bonds. The number of hydrogen-bond donors (Lipinski definition) is 1. The molecule has 132 valence electrons. The average Bonchev–Trinajstić information content (AvgIpc) is 2.56. The first-order valence-electron chi connectivity index (χ1n) is 8.92. The summed E-state index contributed by atoms with van der Waals surface area (Å²) in [5.74, 6) is 0.795. The SMILES string of the molecule is CC1CCc2nn(CC(=O)Nc3ccc(C(C)C)cc3)c(=O)cc2C1. The molecule has 1 N–H and O–H groups in total. The second-order valence-corrected chi connectivity index (χ2v) is 7.29. The highest BCUT2D eigenvalue weighted by molar-refractivity contribution is 5.90. The highest BCUT2D eigenvalue weighted by atomic mass is 16.2. The van der Waals surface area contributed by atoms with Gasteiger partial charge in [-0.15, -0.1) is 0 Å². The summed E-state index contributed by atoms with van der Waals surface area (Å²) in [6.07, 6.45) is 2.84. The molecule has 5 nitrogen and oxygen atoms in total. The Morgan fingerprint density at radius 1 is 1.32 bits per heavy atom. The Kier molecular flexibility index (Phi) is 5.02. The molecule has 1 heterocycles. The standard InChI is InChI=1S/C20H25N3O2/c1-13(2)15-5-7-17(8-6-15)21-19(24)12-23-20(25)11-16-10-14(3)4-9-18(16)22-23/h5-8,11,13-14H,4,9-10,12H2,1-3H3,(H,21,24). The summed E-state index contributed by atoms with van der Waals surface area (Å²) in [5, 5.41) is 7.24. The quantitative estimate of drug-likeness (QED) is 0.931. The molecule has 0 saturated carbocycles. The fraction of sp³-hybridized carbons (Fsp3) is 0.450. The predicted octanol–water partition coefficient (Wildman–Crippen LogP) is 3.13. The number of rotatable bonds is 4. The van der Waals surface area contributed by atoms with Crippen LogP contribution in [0.2, 0.25) is 0 Å². The molecule has 0 saturated heterocycles. The smallest absolute Gasteiger partial charge is 0.267 e. The summed E-state index contributed by atoms with van der Waals surface area (Å²) >= 11 is 0. The molecule has 0 fully saturated rings. The lowest BCUT2D eigenvalue weighted by molar-refractivity contribution is -0.117. The molecule has 0 spiro atoms. The molecule has 2 aromatic rings. The van der Waals surface area contributed by atoms with Crippen molar-refractivity contribution in [2.45, 2.75) is 52.5 Å². The lowest BCUT2D eigenvalue weighted by Crippen LogP contribution is -2.32. The van der Waals surface area contributed by atoms with Crippen LogP contribution in [0, 0.1) is 5.92 Å². The molecule has 1 aromatic heterocycles. The fourth-order valence-electron chi connectivity index (χ4n) is 3.22. The molecule has 1 aromatic carbocycles. The first kappa shape index (κ1) is 17.4. The summed E-state index contributed by atoms with van der Waals surface area (Å²) in [6, 6.07) is 9.42. The normalized spacial score (nSPS) is 16.6. The highest BCUT2D eigenvalue weighted by Crippen LogP contribution is 2.22. The summed E-state index contributed by atoms with van der Waals surface area (Å²) < 4.78 is 1.27. The van der Waals surface area contributed by atoms with Crippen LogP contribution in [0.1, 0.15) is 49.9 Å². The number of amides is 1. The number of fused-ring (bicyclic) bond motifs is 1. The van der Waals surface area contributed by atoms with Gasteiger partial charge in [0.2, 0.25) is 5.91 Å². The molecule has 25 heavy (non-hydrogen) atoms. The van der Waals surface area contributed by atoms with E-state index in [2.05, 4.69) is 31.2 Å². The van der Waals surface area contributed by atoms with E-state index >= 15 is 0 Å². The van der Waals surface area contributed by atoms with E-state index in [1.807, 2.05) is 24.3 Å². The van der Waals surface area contributed by atoms with E-state index in [0.717, 1.165) is 36.2 Å². The Balaban J connectivity index is 1.69. The van der Waals surface area contributed by atoms with Crippen LogP contribution in [0.25, 0.3) is 0 Å². The molecule has 1 unspecified atom stereocenters. The van der Waals surface area contributed by atoms with Gasteiger partial charge in [-0.05, 0) is 54.4 Å². The summed E-state index contributed by atoms with van der Waals surface area (Å²) in [7, 11) is 0. The molecule has 0 radical (unpaired) electrons. The number of aryl methyl sites for hydroxylation is 1. The van der Waals surface area contributed by atoms with E-state index in [0.29, 0.717) is 11.8 Å². The van der Waals surface area contributed by atoms with Crippen LogP contribution in [0.3, 0.4) is 0 Å². The Morgan fingerprint density at radius 2 is 2.04 bits per heavy atom. The van der Waals surface area contributed by atoms with Crippen molar-refractivity contribution in [3.63, 3.8) is 0 Å². The van der Waals surface area contributed by atoms with Crippen molar-refractivity contribution in [2.75, 3.05) is 5.32 Å². The molecular formula is C20H25N3O2. The van der Waals surface area contributed by atoms with E-state index in [1.165, 1.54) is 10.2 Å². The van der Waals surface area contributed by atoms with Crippen molar-refractivity contribution in [3.8, 4) is 0 Å². The van der Waals surface area contributed by atoms with Gasteiger partial charge >= 0.3 is 0 Å². The number of nitrogens with one attached hydrogen (secondary N) is 1. The minimum absolute atomic E-state index is 0.0619. The van der Waals surface area contributed by atoms with Gasteiger partial charge in [-0.3, -0.25) is 9.59 Å². The molecule has 1 aliphatic carbocycles. The van der Waals surface area contributed by atoms with Crippen LogP contribution < -0.4 is 10.9 Å². The highest BCUT2D eigenvalue weighted by Gasteiger charge is 2.18. The van der Waals surface area contributed by atoms with Gasteiger partial charge in [0.1, 0.15) is 6.54 Å². The maximum Gasteiger partial charge on any atom is 0.267 e. The zero-order valence-corrected chi connectivity index (χ0v) is 15.1. The largest absolute Gasteiger partial charge is 0.324 e. The second-order valence-electron chi connectivity index (χ2n) is 7.29. The zero-order valence-electron chi connectivity index (χ0n) is 15.1. The molecule has 0 aliphatic heterocycles. The average molecular weight is 339 g/mol. The lowest BCUT2D eigenvalue weighted by atomic mass is 9.88. The Bertz CT molecular complexity index is 822. The van der Waals surface area contributed by atoms with Gasteiger partial charge in [-0.25, -0.2) is 4.68 Å². The number of nitrogens with zero attached hydrogens (tertiary/aromatic N) is 2. The third kappa shape index (κ3) is 4.16. The van der Waals surface area contributed by atoms with Crippen LogP contribution in [0.5, 0.6) is 0 Å². The van der Waals surface area contributed by atoms with Crippen molar-refractivity contribution >= 4 is 11.6 Å². The molecule has 5 heteroatoms. The number of carbonyl (C=O) groups excluding carboxylic acids is 1. The van der Waals surface area contributed by atoms with Crippen LogP contribution in [-0.4, -0.2) is 15.7 Å². The van der Waals surface area contributed by atoms with Gasteiger partial charge in [-0.1, -0.05) is 32.9 Å². The zero-order chi connectivity index (χ0) is 18.0. The fourth-order valence-corrected chi connectivity index (χ4v) is 3.22.